The Morgan fingerprint density at radius 3 is 2.40 bits per heavy atom. The summed E-state index contributed by atoms with van der Waals surface area (Å²) in [6.07, 6.45) is 2.99. The number of ether oxygens (including phenoxy) is 1. The topological polar surface area (TPSA) is 108 Å². The fraction of sp³-hybridized carbons (Fsp3) is 0.654. The zero-order valence-corrected chi connectivity index (χ0v) is 22.6. The lowest BCUT2D eigenvalue weighted by Gasteiger charge is -2.39. The highest BCUT2D eigenvalue weighted by Crippen LogP contribution is 2.25. The number of amides is 2. The van der Waals surface area contributed by atoms with Gasteiger partial charge in [-0.3, -0.25) is 9.69 Å². The Bertz CT molecular complexity index is 871. The number of nitrogens with zero attached hydrogens (tertiary/aromatic N) is 1. The van der Waals surface area contributed by atoms with Crippen molar-refractivity contribution in [2.45, 2.75) is 84.2 Å². The van der Waals surface area contributed by atoms with Gasteiger partial charge in [-0.25, -0.2) is 9.59 Å². The van der Waals surface area contributed by atoms with Crippen molar-refractivity contribution in [3.05, 3.63) is 35.4 Å². The molecule has 9 heteroatoms. The highest BCUT2D eigenvalue weighted by atomic mass is 32.2. The van der Waals surface area contributed by atoms with Crippen LogP contribution in [0.2, 0.25) is 0 Å². The van der Waals surface area contributed by atoms with E-state index in [0.29, 0.717) is 37.6 Å². The summed E-state index contributed by atoms with van der Waals surface area (Å²) < 4.78 is 5.47. The van der Waals surface area contributed by atoms with E-state index in [1.165, 1.54) is 0 Å². The summed E-state index contributed by atoms with van der Waals surface area (Å²) in [5.41, 5.74) is 1.61. The molecule has 3 atom stereocenters. The Hall–Kier alpha value is -2.26. The second-order valence-corrected chi connectivity index (χ2v) is 11.6. The van der Waals surface area contributed by atoms with Gasteiger partial charge < -0.3 is 20.5 Å². The summed E-state index contributed by atoms with van der Waals surface area (Å²) in [5, 5.41) is 15.4. The lowest BCUT2D eigenvalue weighted by molar-refractivity contribution is -0.143. The SMILES string of the molecule is CSCC[C@H](NC(=O)[C@H]1Cc2ccccc2CN1C[C@@H](CC(C)C)NC(=O)OC(C)(C)C)C(=O)O. The number of hydrogen-bond acceptors (Lipinski definition) is 6. The van der Waals surface area contributed by atoms with Gasteiger partial charge in [-0.1, -0.05) is 38.1 Å². The van der Waals surface area contributed by atoms with Crippen molar-refractivity contribution in [2.75, 3.05) is 18.6 Å². The fourth-order valence-electron chi connectivity index (χ4n) is 4.29. The van der Waals surface area contributed by atoms with Crippen LogP contribution in [0.25, 0.3) is 0 Å². The number of aliphatic carboxylic acids is 1. The van der Waals surface area contributed by atoms with Gasteiger partial charge in [0.2, 0.25) is 5.91 Å². The molecule has 0 radical (unpaired) electrons. The molecular formula is C26H41N3O5S. The molecule has 0 saturated carbocycles. The summed E-state index contributed by atoms with van der Waals surface area (Å²) in [4.78, 5) is 39.7. The molecule has 8 nitrogen and oxygen atoms in total. The number of carboxylic acids is 1. The minimum Gasteiger partial charge on any atom is -0.480 e. The van der Waals surface area contributed by atoms with Gasteiger partial charge in [0, 0.05) is 19.1 Å². The number of alkyl carbamates (subject to hydrolysis) is 1. The molecule has 1 aromatic carbocycles. The van der Waals surface area contributed by atoms with Crippen LogP contribution in [-0.4, -0.2) is 70.3 Å². The van der Waals surface area contributed by atoms with Gasteiger partial charge in [-0.2, -0.15) is 11.8 Å². The van der Waals surface area contributed by atoms with E-state index in [1.807, 2.05) is 51.3 Å². The van der Waals surface area contributed by atoms with E-state index in [2.05, 4.69) is 29.4 Å². The number of nitrogens with one attached hydrogen (secondary N) is 2. The molecule has 1 aliphatic heterocycles. The van der Waals surface area contributed by atoms with E-state index < -0.39 is 29.7 Å². The number of benzene rings is 1. The number of fused-ring (bicyclic) bond motifs is 1. The first kappa shape index (κ1) is 29.0. The summed E-state index contributed by atoms with van der Waals surface area (Å²) in [6.45, 7) is 10.6. The second kappa shape index (κ2) is 13.2. The molecule has 1 heterocycles. The van der Waals surface area contributed by atoms with Crippen LogP contribution in [0, 0.1) is 5.92 Å². The number of carbonyl (C=O) groups is 3. The average molecular weight is 508 g/mol. The standard InChI is InChI=1S/C26H41N3O5S/c1-17(2)13-20(27-25(33)34-26(3,4)5)16-29-15-19-10-8-7-9-18(19)14-22(29)23(30)28-21(24(31)32)11-12-35-6/h7-10,17,20-22H,11-16H2,1-6H3,(H,27,33)(H,28,30)(H,31,32)/t20-,21+,22-/m1/s1. The molecular weight excluding hydrogens is 466 g/mol. The minimum absolute atomic E-state index is 0.225. The number of hydrogen-bond donors (Lipinski definition) is 3. The molecule has 3 N–H and O–H groups in total. The van der Waals surface area contributed by atoms with Gasteiger partial charge in [0.25, 0.3) is 0 Å². The molecule has 2 amide bonds. The highest BCUT2D eigenvalue weighted by Gasteiger charge is 2.35. The van der Waals surface area contributed by atoms with Crippen LogP contribution >= 0.6 is 11.8 Å². The van der Waals surface area contributed by atoms with Crippen molar-refractivity contribution in [1.29, 1.82) is 0 Å². The van der Waals surface area contributed by atoms with E-state index in [9.17, 15) is 19.5 Å². The molecule has 1 aliphatic rings. The second-order valence-electron chi connectivity index (χ2n) is 10.6. The third-order valence-corrected chi connectivity index (χ3v) is 6.45. The molecule has 0 bridgehead atoms. The molecule has 0 aliphatic carbocycles. The van der Waals surface area contributed by atoms with Crippen LogP contribution in [0.3, 0.4) is 0 Å². The molecule has 0 aromatic heterocycles. The highest BCUT2D eigenvalue weighted by molar-refractivity contribution is 7.98. The van der Waals surface area contributed by atoms with Gasteiger partial charge >= 0.3 is 12.1 Å². The van der Waals surface area contributed by atoms with Crippen molar-refractivity contribution in [3.63, 3.8) is 0 Å². The van der Waals surface area contributed by atoms with Crippen molar-refractivity contribution >= 4 is 29.7 Å². The Kier molecular flexibility index (Phi) is 10.9. The van der Waals surface area contributed by atoms with E-state index >= 15 is 0 Å². The maximum Gasteiger partial charge on any atom is 0.407 e. The molecule has 0 fully saturated rings. The molecule has 2 rings (SSSR count). The third kappa shape index (κ3) is 9.72. The Labute approximate surface area is 213 Å². The predicted molar refractivity (Wildman–Crippen MR) is 140 cm³/mol. The first-order chi connectivity index (χ1) is 16.4. The van der Waals surface area contributed by atoms with Gasteiger partial charge in [0.05, 0.1) is 6.04 Å². The van der Waals surface area contributed by atoms with E-state index in [4.69, 9.17) is 4.74 Å². The summed E-state index contributed by atoms with van der Waals surface area (Å²) in [6, 6.07) is 6.31. The Morgan fingerprint density at radius 2 is 1.83 bits per heavy atom. The van der Waals surface area contributed by atoms with Crippen molar-refractivity contribution in [3.8, 4) is 0 Å². The van der Waals surface area contributed by atoms with E-state index in [0.717, 1.165) is 17.5 Å². The minimum atomic E-state index is -1.03. The van der Waals surface area contributed by atoms with Crippen LogP contribution in [-0.2, 0) is 27.3 Å². The van der Waals surface area contributed by atoms with Gasteiger partial charge in [-0.15, -0.1) is 0 Å². The lowest BCUT2D eigenvalue weighted by atomic mass is 9.92. The number of rotatable bonds is 11. The summed E-state index contributed by atoms with van der Waals surface area (Å²) in [5.74, 6) is -0.361. The number of carboxylic acid groups (broad SMARTS) is 1. The molecule has 0 unspecified atom stereocenters. The quantitative estimate of drug-likeness (QED) is 0.419. The molecule has 1 aromatic rings. The average Bonchev–Trinajstić information content (AvgIpc) is 2.73. The third-order valence-electron chi connectivity index (χ3n) is 5.81. The molecule has 0 spiro atoms. The van der Waals surface area contributed by atoms with E-state index in [1.54, 1.807) is 11.8 Å². The van der Waals surface area contributed by atoms with Crippen LogP contribution in [0.5, 0.6) is 0 Å². The lowest BCUT2D eigenvalue weighted by Crippen LogP contribution is -2.57. The number of thioether (sulfide) groups is 1. The van der Waals surface area contributed by atoms with Crippen LogP contribution < -0.4 is 10.6 Å². The van der Waals surface area contributed by atoms with Crippen molar-refractivity contribution in [1.82, 2.24) is 15.5 Å². The largest absolute Gasteiger partial charge is 0.480 e. The first-order valence-electron chi connectivity index (χ1n) is 12.2. The van der Waals surface area contributed by atoms with Gasteiger partial charge in [0.15, 0.2) is 0 Å². The molecule has 35 heavy (non-hydrogen) atoms. The van der Waals surface area contributed by atoms with E-state index in [-0.39, 0.29) is 11.9 Å². The van der Waals surface area contributed by atoms with Crippen molar-refractivity contribution < 1.29 is 24.2 Å². The van der Waals surface area contributed by atoms with Gasteiger partial charge in [-0.05, 0) is 69.1 Å². The summed E-state index contributed by atoms with van der Waals surface area (Å²) in [7, 11) is 0. The first-order valence-corrected chi connectivity index (χ1v) is 13.6. The molecule has 0 saturated heterocycles. The smallest absolute Gasteiger partial charge is 0.407 e. The van der Waals surface area contributed by atoms with Crippen molar-refractivity contribution in [2.24, 2.45) is 5.92 Å². The zero-order valence-electron chi connectivity index (χ0n) is 21.8. The maximum absolute atomic E-state index is 13.4. The maximum atomic E-state index is 13.4. The van der Waals surface area contributed by atoms with Crippen LogP contribution in [0.4, 0.5) is 4.79 Å². The zero-order chi connectivity index (χ0) is 26.2. The predicted octanol–water partition coefficient (Wildman–Crippen LogP) is 3.68. The van der Waals surface area contributed by atoms with Crippen LogP contribution in [0.15, 0.2) is 24.3 Å². The molecule has 196 valence electrons. The van der Waals surface area contributed by atoms with Crippen LogP contribution in [0.1, 0.15) is 58.6 Å². The van der Waals surface area contributed by atoms with Gasteiger partial charge in [0.1, 0.15) is 11.6 Å². The Morgan fingerprint density at radius 1 is 1.17 bits per heavy atom. The number of carbonyl (C=O) groups excluding carboxylic acids is 2. The Balaban J connectivity index is 2.25. The normalized spacial score (nSPS) is 17.9. The summed E-state index contributed by atoms with van der Waals surface area (Å²) >= 11 is 1.55. The monoisotopic (exact) mass is 507 g/mol. The fourth-order valence-corrected chi connectivity index (χ4v) is 4.77.